The first-order valence-corrected chi connectivity index (χ1v) is 12.4. The zero-order valence-electron chi connectivity index (χ0n) is 20.2. The molecule has 3 aromatic carbocycles. The van der Waals surface area contributed by atoms with Crippen molar-refractivity contribution in [1.29, 1.82) is 0 Å². The number of carbonyl (C=O) groups excluding carboxylic acids is 1. The third-order valence-electron chi connectivity index (χ3n) is 5.84. The maximum absolute atomic E-state index is 11.9. The largest absolute Gasteiger partial charge is 0.456 e. The molecule has 1 saturated heterocycles. The Kier molecular flexibility index (Phi) is 9.90. The summed E-state index contributed by atoms with van der Waals surface area (Å²) in [5.41, 5.74) is 2.11. The molecule has 0 aliphatic carbocycles. The fraction of sp³-hybridized carbons (Fsp3) is 0.345. The molecule has 0 bridgehead atoms. The number of carbonyl (C=O) groups is 1. The molecular weight excluding hydrogens is 480 g/mol. The van der Waals surface area contributed by atoms with Crippen LogP contribution in [0.4, 0.5) is 0 Å². The summed E-state index contributed by atoms with van der Waals surface area (Å²) in [6.45, 7) is 2.62. The maximum Gasteiger partial charge on any atom is 0.303 e. The zero-order valence-corrected chi connectivity index (χ0v) is 21.0. The quantitative estimate of drug-likeness (QED) is 0.259. The van der Waals surface area contributed by atoms with E-state index in [1.54, 1.807) is 0 Å². The summed E-state index contributed by atoms with van der Waals surface area (Å²) in [7, 11) is 0. The van der Waals surface area contributed by atoms with E-state index in [1.165, 1.54) is 6.92 Å². The van der Waals surface area contributed by atoms with E-state index in [4.69, 9.17) is 35.3 Å². The van der Waals surface area contributed by atoms with E-state index in [1.807, 2.05) is 91.0 Å². The molecule has 1 heterocycles. The van der Waals surface area contributed by atoms with Gasteiger partial charge in [0.15, 0.2) is 11.7 Å². The minimum absolute atomic E-state index is 0.232. The lowest BCUT2D eigenvalue weighted by molar-refractivity contribution is -0.250. The summed E-state index contributed by atoms with van der Waals surface area (Å²) in [5.74, 6) is -0.469. The highest BCUT2D eigenvalue weighted by molar-refractivity contribution is 6.20. The molecule has 2 unspecified atom stereocenters. The molecule has 6 nitrogen and oxygen atoms in total. The Morgan fingerprint density at radius 1 is 0.722 bits per heavy atom. The lowest BCUT2D eigenvalue weighted by atomic mass is 9.99. The van der Waals surface area contributed by atoms with Gasteiger partial charge in [0.2, 0.25) is 0 Å². The SMILES string of the molecule is CC(=O)OC1[C@@H](OCc2ccccc2)[C@@H](OCc2ccccc2)C(COCc2ccccc2)O[C@@H]1Cl. The molecule has 4 rings (SSSR count). The fourth-order valence-corrected chi connectivity index (χ4v) is 4.44. The van der Waals surface area contributed by atoms with Crippen LogP contribution in [0.2, 0.25) is 0 Å². The average Bonchev–Trinajstić information content (AvgIpc) is 2.90. The molecule has 0 aromatic heterocycles. The van der Waals surface area contributed by atoms with Crippen LogP contribution in [0.25, 0.3) is 0 Å². The van der Waals surface area contributed by atoms with Crippen molar-refractivity contribution < 1.29 is 28.5 Å². The van der Waals surface area contributed by atoms with Gasteiger partial charge in [-0.1, -0.05) is 103 Å². The average molecular weight is 511 g/mol. The van der Waals surface area contributed by atoms with Crippen LogP contribution in [-0.2, 0) is 48.3 Å². The number of halogens is 1. The minimum Gasteiger partial charge on any atom is -0.456 e. The fourth-order valence-electron chi connectivity index (χ4n) is 4.11. The topological polar surface area (TPSA) is 63.2 Å². The van der Waals surface area contributed by atoms with Crippen molar-refractivity contribution in [2.45, 2.75) is 56.7 Å². The molecule has 3 aromatic rings. The standard InChI is InChI=1S/C29H31ClO6/c1-21(31)35-28-27(34-19-24-15-9-4-10-16-24)26(33-18-23-13-7-3-8-14-23)25(36-29(28)30)20-32-17-22-11-5-2-6-12-22/h2-16,25-29H,17-20H2,1H3/t25?,26-,27-,28?,29-/m0/s1. The first kappa shape index (κ1) is 26.3. The number of ether oxygens (including phenoxy) is 5. The molecule has 1 aliphatic heterocycles. The van der Waals surface area contributed by atoms with Gasteiger partial charge < -0.3 is 23.7 Å². The molecule has 36 heavy (non-hydrogen) atoms. The summed E-state index contributed by atoms with van der Waals surface area (Å²) in [5, 5.41) is 0. The predicted octanol–water partition coefficient (Wildman–Crippen LogP) is 5.27. The molecule has 190 valence electrons. The van der Waals surface area contributed by atoms with E-state index in [9.17, 15) is 4.79 Å². The summed E-state index contributed by atoms with van der Waals surface area (Å²) in [4.78, 5) is 11.9. The van der Waals surface area contributed by atoms with Crippen molar-refractivity contribution in [3.8, 4) is 0 Å². The maximum atomic E-state index is 11.9. The first-order chi connectivity index (χ1) is 17.6. The van der Waals surface area contributed by atoms with Crippen LogP contribution in [0.1, 0.15) is 23.6 Å². The molecule has 0 saturated carbocycles. The van der Waals surface area contributed by atoms with E-state index in [0.717, 1.165) is 16.7 Å². The molecule has 1 aliphatic rings. The summed E-state index contributed by atoms with van der Waals surface area (Å²) >= 11 is 6.59. The van der Waals surface area contributed by atoms with Crippen molar-refractivity contribution in [1.82, 2.24) is 0 Å². The predicted molar refractivity (Wildman–Crippen MR) is 136 cm³/mol. The molecule has 5 atom stereocenters. The molecule has 0 radical (unpaired) electrons. The van der Waals surface area contributed by atoms with Gasteiger partial charge in [-0.2, -0.15) is 0 Å². The van der Waals surface area contributed by atoms with E-state index < -0.39 is 35.9 Å². The van der Waals surface area contributed by atoms with Crippen molar-refractivity contribution in [3.63, 3.8) is 0 Å². The Hall–Kier alpha value is -2.74. The van der Waals surface area contributed by atoms with Crippen LogP contribution in [0, 0.1) is 0 Å². The second-order valence-electron chi connectivity index (χ2n) is 8.62. The van der Waals surface area contributed by atoms with Crippen molar-refractivity contribution in [3.05, 3.63) is 108 Å². The molecular formula is C29H31ClO6. The van der Waals surface area contributed by atoms with E-state index in [2.05, 4.69) is 0 Å². The molecule has 0 spiro atoms. The first-order valence-electron chi connectivity index (χ1n) is 12.0. The van der Waals surface area contributed by atoms with Gasteiger partial charge >= 0.3 is 5.97 Å². The van der Waals surface area contributed by atoms with E-state index >= 15 is 0 Å². The number of alkyl halides is 1. The number of benzene rings is 3. The van der Waals surface area contributed by atoms with Gasteiger partial charge in [-0.25, -0.2) is 0 Å². The summed E-state index contributed by atoms with van der Waals surface area (Å²) in [6, 6.07) is 29.5. The third-order valence-corrected chi connectivity index (χ3v) is 6.19. The number of hydrogen-bond acceptors (Lipinski definition) is 6. The smallest absolute Gasteiger partial charge is 0.303 e. The van der Waals surface area contributed by atoms with Crippen LogP contribution in [0.15, 0.2) is 91.0 Å². The highest BCUT2D eigenvalue weighted by Gasteiger charge is 2.49. The Morgan fingerprint density at radius 3 is 1.69 bits per heavy atom. The summed E-state index contributed by atoms with van der Waals surface area (Å²) in [6.07, 6.45) is -2.64. The molecule has 0 N–H and O–H groups in total. The Labute approximate surface area is 217 Å². The highest BCUT2D eigenvalue weighted by Crippen LogP contribution is 2.32. The second-order valence-corrected chi connectivity index (χ2v) is 9.05. The third kappa shape index (κ3) is 7.63. The number of esters is 1. The van der Waals surface area contributed by atoms with Crippen molar-refractivity contribution >= 4 is 17.6 Å². The molecule has 0 amide bonds. The Bertz CT molecular complexity index is 1050. The lowest BCUT2D eigenvalue weighted by Gasteiger charge is -2.43. The van der Waals surface area contributed by atoms with Crippen LogP contribution >= 0.6 is 11.6 Å². The normalized spacial score (nSPS) is 23.8. The van der Waals surface area contributed by atoms with Gasteiger partial charge in [-0.15, -0.1) is 0 Å². The van der Waals surface area contributed by atoms with Gasteiger partial charge in [-0.3, -0.25) is 4.79 Å². The van der Waals surface area contributed by atoms with Gasteiger partial charge in [0, 0.05) is 6.92 Å². The van der Waals surface area contributed by atoms with Gasteiger partial charge in [0.1, 0.15) is 18.3 Å². The van der Waals surface area contributed by atoms with Gasteiger partial charge in [-0.05, 0) is 16.7 Å². The Morgan fingerprint density at radius 2 is 1.19 bits per heavy atom. The van der Waals surface area contributed by atoms with Gasteiger partial charge in [0.05, 0.1) is 26.4 Å². The monoisotopic (exact) mass is 510 g/mol. The number of hydrogen-bond donors (Lipinski definition) is 0. The van der Waals surface area contributed by atoms with Crippen LogP contribution in [0.5, 0.6) is 0 Å². The van der Waals surface area contributed by atoms with Crippen LogP contribution < -0.4 is 0 Å². The summed E-state index contributed by atoms with van der Waals surface area (Å²) < 4.78 is 30.3. The Balaban J connectivity index is 1.53. The van der Waals surface area contributed by atoms with Crippen molar-refractivity contribution in [2.75, 3.05) is 6.61 Å². The van der Waals surface area contributed by atoms with Crippen LogP contribution in [-0.4, -0.2) is 42.6 Å². The van der Waals surface area contributed by atoms with Crippen LogP contribution in [0.3, 0.4) is 0 Å². The lowest BCUT2D eigenvalue weighted by Crippen LogP contribution is -2.60. The number of rotatable bonds is 11. The van der Waals surface area contributed by atoms with Crippen molar-refractivity contribution in [2.24, 2.45) is 0 Å². The zero-order chi connectivity index (χ0) is 25.2. The highest BCUT2D eigenvalue weighted by atomic mass is 35.5. The molecule has 7 heteroatoms. The van der Waals surface area contributed by atoms with Gasteiger partial charge in [0.25, 0.3) is 0 Å². The minimum atomic E-state index is -0.920. The molecule has 1 fully saturated rings. The van der Waals surface area contributed by atoms with E-state index in [0.29, 0.717) is 19.8 Å². The van der Waals surface area contributed by atoms with E-state index in [-0.39, 0.29) is 6.61 Å². The second kappa shape index (κ2) is 13.5.